The lowest BCUT2D eigenvalue weighted by Crippen LogP contribution is -2.56. The van der Waals surface area contributed by atoms with Gasteiger partial charge in [0.1, 0.15) is 0 Å². The number of anilines is 1. The van der Waals surface area contributed by atoms with Gasteiger partial charge in [-0.25, -0.2) is 8.42 Å². The first-order chi connectivity index (χ1) is 18.6. The molecule has 2 aliphatic rings. The fourth-order valence-electron chi connectivity index (χ4n) is 4.95. The maximum atomic E-state index is 13.5. The first-order valence-electron chi connectivity index (χ1n) is 12.2. The van der Waals surface area contributed by atoms with Crippen LogP contribution in [0.1, 0.15) is 23.1 Å². The quantitative estimate of drug-likeness (QED) is 0.345. The van der Waals surface area contributed by atoms with Crippen LogP contribution in [0.4, 0.5) is 32.0 Å². The first-order valence-corrected chi connectivity index (χ1v) is 14.1. The molecule has 0 amide bonds. The van der Waals surface area contributed by atoms with Crippen molar-refractivity contribution in [2.75, 3.05) is 24.5 Å². The summed E-state index contributed by atoms with van der Waals surface area (Å²) >= 11 is 5.27. The summed E-state index contributed by atoms with van der Waals surface area (Å²) in [5, 5.41) is 9.74. The number of hydrogen-bond acceptors (Lipinski definition) is 5. The third-order valence-corrected chi connectivity index (χ3v) is 9.48. The molecule has 0 aromatic heterocycles. The average Bonchev–Trinajstić information content (AvgIpc) is 2.87. The molecule has 1 saturated heterocycles. The number of rotatable bonds is 6. The van der Waals surface area contributed by atoms with Crippen LogP contribution in [0.5, 0.6) is 0 Å². The molecular weight excluding hydrogens is 578 g/mol. The SMILES string of the molecule is Cc1cccc(CC2CN(S(=O)(=O)C3=CC=CCC3=S)CCN2c2ccc(C(O)(C(F)(F)F)C(F)(F)F)cc2)c1. The van der Waals surface area contributed by atoms with Gasteiger partial charge in [-0.15, -0.1) is 0 Å². The van der Waals surface area contributed by atoms with Gasteiger partial charge in [-0.1, -0.05) is 66.3 Å². The molecule has 0 saturated carbocycles. The number of benzene rings is 2. The maximum absolute atomic E-state index is 13.5. The molecule has 1 aliphatic heterocycles. The van der Waals surface area contributed by atoms with E-state index in [0.717, 1.165) is 23.3 Å². The summed E-state index contributed by atoms with van der Waals surface area (Å²) in [6, 6.07) is 10.4. The van der Waals surface area contributed by atoms with E-state index in [4.69, 9.17) is 12.2 Å². The number of halogens is 6. The van der Waals surface area contributed by atoms with E-state index in [-0.39, 0.29) is 29.4 Å². The zero-order chi connectivity index (χ0) is 29.5. The Balaban J connectivity index is 1.68. The molecule has 1 atom stereocenters. The number of hydrogen-bond donors (Lipinski definition) is 1. The number of nitrogens with zero attached hydrogens (tertiary/aromatic N) is 2. The molecule has 2 aromatic carbocycles. The smallest absolute Gasteiger partial charge is 0.369 e. The summed E-state index contributed by atoms with van der Waals surface area (Å²) < 4.78 is 108. The fourth-order valence-corrected chi connectivity index (χ4v) is 7.02. The van der Waals surface area contributed by atoms with E-state index in [1.807, 2.05) is 31.2 Å². The lowest BCUT2D eigenvalue weighted by molar-refractivity contribution is -0.376. The standard InChI is InChI=1S/C27H26F6N2O3S2/c1-18-5-4-6-19(15-18)16-22-17-34(40(37,38)24-8-3-2-7-23(24)39)13-14-35(22)21-11-9-20(10-12-21)25(36,26(28,29)30)27(31,32)33/h2-6,8-12,15,22,36H,7,13-14,16-17H2,1H3. The van der Waals surface area contributed by atoms with E-state index in [2.05, 4.69) is 0 Å². The highest BCUT2D eigenvalue weighted by atomic mass is 32.2. The summed E-state index contributed by atoms with van der Waals surface area (Å²) in [6.45, 7) is 2.04. The van der Waals surface area contributed by atoms with E-state index in [0.29, 0.717) is 30.7 Å². The molecule has 0 radical (unpaired) electrons. The molecule has 1 heterocycles. The van der Waals surface area contributed by atoms with E-state index >= 15 is 0 Å². The number of alkyl halides is 6. The van der Waals surface area contributed by atoms with Gasteiger partial charge in [0.2, 0.25) is 10.0 Å². The Morgan fingerprint density at radius 2 is 1.65 bits per heavy atom. The number of aryl methyl sites for hydroxylation is 1. The van der Waals surface area contributed by atoms with Gasteiger partial charge in [-0.2, -0.15) is 30.6 Å². The highest BCUT2D eigenvalue weighted by Gasteiger charge is 2.71. The minimum Gasteiger partial charge on any atom is -0.369 e. The van der Waals surface area contributed by atoms with Gasteiger partial charge >= 0.3 is 12.4 Å². The molecule has 5 nitrogen and oxygen atoms in total. The second-order valence-corrected chi connectivity index (χ2v) is 12.1. The number of sulfonamides is 1. The maximum Gasteiger partial charge on any atom is 0.430 e. The second kappa shape index (κ2) is 10.9. The van der Waals surface area contributed by atoms with Crippen LogP contribution in [0.3, 0.4) is 0 Å². The zero-order valence-corrected chi connectivity index (χ0v) is 22.8. The van der Waals surface area contributed by atoms with Crippen LogP contribution < -0.4 is 4.90 Å². The molecule has 0 bridgehead atoms. The fraction of sp³-hybridized carbons (Fsp3) is 0.370. The molecule has 13 heteroatoms. The molecule has 0 spiro atoms. The van der Waals surface area contributed by atoms with Crippen molar-refractivity contribution in [1.82, 2.24) is 4.31 Å². The molecule has 2 aromatic rings. The number of allylic oxidation sites excluding steroid dienone is 4. The Bertz CT molecular complexity index is 1420. The number of piperazine rings is 1. The molecular formula is C27H26F6N2O3S2. The predicted molar refractivity (Wildman–Crippen MR) is 143 cm³/mol. The van der Waals surface area contributed by atoms with E-state index in [1.165, 1.54) is 10.4 Å². The van der Waals surface area contributed by atoms with E-state index in [1.54, 1.807) is 17.1 Å². The Morgan fingerprint density at radius 3 is 2.23 bits per heavy atom. The minimum absolute atomic E-state index is 0.0106. The largest absolute Gasteiger partial charge is 0.430 e. The van der Waals surface area contributed by atoms with Gasteiger partial charge in [0.15, 0.2) is 0 Å². The van der Waals surface area contributed by atoms with Gasteiger partial charge in [-0.3, -0.25) is 0 Å². The lowest BCUT2D eigenvalue weighted by Gasteiger charge is -2.43. The predicted octanol–water partition coefficient (Wildman–Crippen LogP) is 5.58. The third-order valence-electron chi connectivity index (χ3n) is 7.02. The second-order valence-electron chi connectivity index (χ2n) is 9.74. The van der Waals surface area contributed by atoms with Crippen molar-refractivity contribution in [3.8, 4) is 0 Å². The van der Waals surface area contributed by atoms with Gasteiger partial charge in [0, 0.05) is 48.2 Å². The van der Waals surface area contributed by atoms with Crippen LogP contribution >= 0.6 is 12.2 Å². The van der Waals surface area contributed by atoms with Gasteiger partial charge in [-0.05, 0) is 37.1 Å². The van der Waals surface area contributed by atoms with Gasteiger partial charge in [0.05, 0.1) is 4.91 Å². The topological polar surface area (TPSA) is 60.9 Å². The summed E-state index contributed by atoms with van der Waals surface area (Å²) in [4.78, 5) is 2.08. The Morgan fingerprint density at radius 1 is 1.00 bits per heavy atom. The van der Waals surface area contributed by atoms with Crippen LogP contribution in [-0.2, 0) is 22.0 Å². The van der Waals surface area contributed by atoms with Crippen molar-refractivity contribution in [1.29, 1.82) is 0 Å². The van der Waals surface area contributed by atoms with E-state index < -0.39 is 39.6 Å². The molecule has 1 N–H and O–H groups in total. The number of aliphatic hydroxyl groups is 1. The van der Waals surface area contributed by atoms with Crippen molar-refractivity contribution in [3.63, 3.8) is 0 Å². The lowest BCUT2D eigenvalue weighted by atomic mass is 9.92. The first kappa shape index (κ1) is 30.2. The summed E-state index contributed by atoms with van der Waals surface area (Å²) in [5.74, 6) is 0. The van der Waals surface area contributed by atoms with Crippen LogP contribution in [-0.4, -0.2) is 60.7 Å². The zero-order valence-electron chi connectivity index (χ0n) is 21.2. The third kappa shape index (κ3) is 5.69. The average molecular weight is 605 g/mol. The van der Waals surface area contributed by atoms with Crippen molar-refractivity contribution in [2.45, 2.75) is 43.8 Å². The number of thiocarbonyl (C=S) groups is 1. The van der Waals surface area contributed by atoms with Gasteiger partial charge < -0.3 is 10.0 Å². The Hall–Kier alpha value is -2.74. The molecule has 40 heavy (non-hydrogen) atoms. The molecule has 1 unspecified atom stereocenters. The Kier molecular flexibility index (Phi) is 8.25. The van der Waals surface area contributed by atoms with Gasteiger partial charge in [0.25, 0.3) is 5.60 Å². The highest BCUT2D eigenvalue weighted by Crippen LogP contribution is 2.50. The van der Waals surface area contributed by atoms with Crippen LogP contribution in [0.15, 0.2) is 71.7 Å². The van der Waals surface area contributed by atoms with Crippen LogP contribution in [0.2, 0.25) is 0 Å². The monoisotopic (exact) mass is 604 g/mol. The van der Waals surface area contributed by atoms with Crippen molar-refractivity contribution in [3.05, 3.63) is 88.4 Å². The Labute approximate surface area is 233 Å². The summed E-state index contributed by atoms with van der Waals surface area (Å²) in [5.41, 5.74) is -4.26. The van der Waals surface area contributed by atoms with Crippen LogP contribution in [0.25, 0.3) is 0 Å². The summed E-state index contributed by atoms with van der Waals surface area (Å²) in [6.07, 6.45) is -6.50. The minimum atomic E-state index is -6.00. The molecule has 1 fully saturated rings. The summed E-state index contributed by atoms with van der Waals surface area (Å²) in [7, 11) is -3.94. The van der Waals surface area contributed by atoms with Crippen LogP contribution in [0, 0.1) is 6.92 Å². The van der Waals surface area contributed by atoms with Crippen molar-refractivity contribution < 1.29 is 39.9 Å². The molecule has 4 rings (SSSR count). The molecule has 1 aliphatic carbocycles. The van der Waals surface area contributed by atoms with E-state index in [9.17, 15) is 39.9 Å². The van der Waals surface area contributed by atoms with Crippen molar-refractivity contribution >= 4 is 32.8 Å². The van der Waals surface area contributed by atoms with Crippen molar-refractivity contribution in [2.24, 2.45) is 0 Å². The molecule has 216 valence electrons. The highest BCUT2D eigenvalue weighted by molar-refractivity contribution is 7.96. The normalized spacial score (nSPS) is 19.6.